The first-order valence-corrected chi connectivity index (χ1v) is 8.43. The van der Waals surface area contributed by atoms with Crippen LogP contribution in [0.1, 0.15) is 17.9 Å². The number of amidine groups is 1. The zero-order valence-corrected chi connectivity index (χ0v) is 14.2. The zero-order valence-electron chi connectivity index (χ0n) is 13.4. The van der Waals surface area contributed by atoms with E-state index in [0.717, 1.165) is 0 Å². The normalized spacial score (nSPS) is 17.5. The third kappa shape index (κ3) is 4.92. The zero-order chi connectivity index (χ0) is 18.4. The number of nitrogens with two attached hydrogens (primary N) is 1. The summed E-state index contributed by atoms with van der Waals surface area (Å²) in [5.74, 6) is -2.35. The Hall–Kier alpha value is -2.62. The maximum atomic E-state index is 13.0. The SMILES string of the molecule is CCOC(=O)/C(N)=N/NC(=O)CN1C(=O)CSC1c1ccc(F)cc1. The number of thioether (sulfide) groups is 1. The Morgan fingerprint density at radius 3 is 2.76 bits per heavy atom. The molecule has 134 valence electrons. The molecule has 1 aliphatic rings. The first-order valence-electron chi connectivity index (χ1n) is 7.38. The quantitative estimate of drug-likeness (QED) is 0.336. The summed E-state index contributed by atoms with van der Waals surface area (Å²) in [5.41, 5.74) is 8.18. The summed E-state index contributed by atoms with van der Waals surface area (Å²) in [6, 6.07) is 5.71. The van der Waals surface area contributed by atoms with E-state index in [0.29, 0.717) is 5.56 Å². The number of benzene rings is 1. The summed E-state index contributed by atoms with van der Waals surface area (Å²) in [6.07, 6.45) is 0. The number of carbonyl (C=O) groups excluding carboxylic acids is 3. The van der Waals surface area contributed by atoms with Gasteiger partial charge in [-0.1, -0.05) is 12.1 Å². The van der Waals surface area contributed by atoms with E-state index in [4.69, 9.17) is 5.73 Å². The van der Waals surface area contributed by atoms with Crippen molar-refractivity contribution >= 4 is 35.4 Å². The molecule has 1 saturated heterocycles. The Morgan fingerprint density at radius 2 is 2.12 bits per heavy atom. The summed E-state index contributed by atoms with van der Waals surface area (Å²) < 4.78 is 17.7. The number of nitrogens with zero attached hydrogens (tertiary/aromatic N) is 2. The first kappa shape index (κ1) is 18.7. The summed E-state index contributed by atoms with van der Waals surface area (Å²) in [5, 5.41) is 3.05. The number of hydrogen-bond acceptors (Lipinski definition) is 6. The van der Waals surface area contributed by atoms with Gasteiger partial charge >= 0.3 is 5.97 Å². The number of rotatable bonds is 5. The Kier molecular flexibility index (Phi) is 6.34. The monoisotopic (exact) mass is 368 g/mol. The van der Waals surface area contributed by atoms with Gasteiger partial charge in [0.15, 0.2) is 0 Å². The molecule has 0 bridgehead atoms. The predicted octanol–water partition coefficient (Wildman–Crippen LogP) is 0.351. The third-order valence-corrected chi connectivity index (χ3v) is 4.48. The van der Waals surface area contributed by atoms with Crippen molar-refractivity contribution in [1.29, 1.82) is 0 Å². The second-order valence-electron chi connectivity index (χ2n) is 4.99. The molecule has 2 amide bonds. The number of hydrazone groups is 1. The van der Waals surface area contributed by atoms with Crippen LogP contribution in [0.2, 0.25) is 0 Å². The molecule has 0 aromatic heterocycles. The summed E-state index contributed by atoms with van der Waals surface area (Å²) in [4.78, 5) is 36.6. The number of halogens is 1. The molecule has 0 saturated carbocycles. The maximum absolute atomic E-state index is 13.0. The minimum atomic E-state index is -0.847. The van der Waals surface area contributed by atoms with Gasteiger partial charge in [-0.2, -0.15) is 0 Å². The van der Waals surface area contributed by atoms with E-state index in [2.05, 4.69) is 15.3 Å². The second kappa shape index (κ2) is 8.47. The van der Waals surface area contributed by atoms with Gasteiger partial charge in [-0.25, -0.2) is 14.6 Å². The lowest BCUT2D eigenvalue weighted by Crippen LogP contribution is -2.39. The van der Waals surface area contributed by atoms with Gasteiger partial charge in [0.05, 0.1) is 12.4 Å². The molecule has 2 rings (SSSR count). The van der Waals surface area contributed by atoms with Crippen LogP contribution in [-0.2, 0) is 19.1 Å². The van der Waals surface area contributed by atoms with Gasteiger partial charge in [-0.15, -0.1) is 16.9 Å². The van der Waals surface area contributed by atoms with Crippen LogP contribution < -0.4 is 11.2 Å². The van der Waals surface area contributed by atoms with Crippen LogP contribution in [0.5, 0.6) is 0 Å². The molecule has 25 heavy (non-hydrogen) atoms. The van der Waals surface area contributed by atoms with Crippen molar-refractivity contribution in [1.82, 2.24) is 10.3 Å². The highest BCUT2D eigenvalue weighted by atomic mass is 32.2. The molecule has 1 fully saturated rings. The maximum Gasteiger partial charge on any atom is 0.375 e. The number of hydrogen-bond donors (Lipinski definition) is 2. The highest BCUT2D eigenvalue weighted by molar-refractivity contribution is 8.00. The Balaban J connectivity index is 2.00. The third-order valence-electron chi connectivity index (χ3n) is 3.22. The topological polar surface area (TPSA) is 114 Å². The van der Waals surface area contributed by atoms with E-state index in [1.807, 2.05) is 0 Å². The van der Waals surface area contributed by atoms with Crippen molar-refractivity contribution in [3.8, 4) is 0 Å². The minimum Gasteiger partial charge on any atom is -0.460 e. The van der Waals surface area contributed by atoms with Crippen molar-refractivity contribution in [3.63, 3.8) is 0 Å². The van der Waals surface area contributed by atoms with Crippen LogP contribution in [-0.4, -0.2) is 47.4 Å². The largest absolute Gasteiger partial charge is 0.460 e. The summed E-state index contributed by atoms with van der Waals surface area (Å²) in [6.45, 7) is 1.46. The minimum absolute atomic E-state index is 0.127. The van der Waals surface area contributed by atoms with Gasteiger partial charge in [0.1, 0.15) is 17.7 Å². The highest BCUT2D eigenvalue weighted by Crippen LogP contribution is 2.38. The van der Waals surface area contributed by atoms with E-state index >= 15 is 0 Å². The molecular weight excluding hydrogens is 351 g/mol. The van der Waals surface area contributed by atoms with Crippen LogP contribution in [0.3, 0.4) is 0 Å². The van der Waals surface area contributed by atoms with Crippen LogP contribution in [0.4, 0.5) is 4.39 Å². The molecule has 1 heterocycles. The number of nitrogens with one attached hydrogen (secondary N) is 1. The lowest BCUT2D eigenvalue weighted by Gasteiger charge is -2.23. The van der Waals surface area contributed by atoms with Crippen molar-refractivity contribution in [3.05, 3.63) is 35.6 Å². The number of esters is 1. The standard InChI is InChI=1S/C15H17FN4O4S/c1-2-24-15(23)13(17)19-18-11(21)7-20-12(22)8-25-14(20)9-3-5-10(16)6-4-9/h3-6,14H,2,7-8H2,1H3,(H2,17,19)(H,18,21). The number of amides is 2. The second-order valence-corrected chi connectivity index (χ2v) is 6.06. The Labute approximate surface area is 147 Å². The average Bonchev–Trinajstić information content (AvgIpc) is 2.94. The molecule has 1 atom stereocenters. The van der Waals surface area contributed by atoms with Crippen LogP contribution >= 0.6 is 11.8 Å². The van der Waals surface area contributed by atoms with E-state index in [1.165, 1.54) is 28.8 Å². The fourth-order valence-corrected chi connectivity index (χ4v) is 3.28. The van der Waals surface area contributed by atoms with Gasteiger partial charge < -0.3 is 15.4 Å². The molecule has 0 radical (unpaired) electrons. The number of carbonyl (C=O) groups is 3. The lowest BCUT2D eigenvalue weighted by atomic mass is 10.2. The smallest absolute Gasteiger partial charge is 0.375 e. The fraction of sp³-hybridized carbons (Fsp3) is 0.333. The van der Waals surface area contributed by atoms with Crippen LogP contribution in [0.15, 0.2) is 29.4 Å². The first-order chi connectivity index (χ1) is 11.9. The lowest BCUT2D eigenvalue weighted by molar-refractivity contribution is -0.135. The molecule has 1 unspecified atom stereocenters. The summed E-state index contributed by atoms with van der Waals surface area (Å²) >= 11 is 1.33. The van der Waals surface area contributed by atoms with Crippen molar-refractivity contribution in [2.24, 2.45) is 10.8 Å². The Bertz CT molecular complexity index is 695. The van der Waals surface area contributed by atoms with Gasteiger partial charge in [0, 0.05) is 0 Å². The molecule has 0 aliphatic carbocycles. The van der Waals surface area contributed by atoms with Gasteiger partial charge in [0.25, 0.3) is 5.91 Å². The van der Waals surface area contributed by atoms with E-state index in [-0.39, 0.29) is 30.6 Å². The van der Waals surface area contributed by atoms with Crippen LogP contribution in [0, 0.1) is 5.82 Å². The number of ether oxygens (including phenoxy) is 1. The molecule has 10 heteroatoms. The van der Waals surface area contributed by atoms with Crippen molar-refractivity contribution in [2.45, 2.75) is 12.3 Å². The summed E-state index contributed by atoms with van der Waals surface area (Å²) in [7, 11) is 0. The van der Waals surface area contributed by atoms with E-state index < -0.39 is 23.1 Å². The van der Waals surface area contributed by atoms with Gasteiger partial charge in [0.2, 0.25) is 11.7 Å². The molecule has 3 N–H and O–H groups in total. The van der Waals surface area contributed by atoms with Crippen molar-refractivity contribution in [2.75, 3.05) is 18.9 Å². The molecule has 1 aliphatic heterocycles. The average molecular weight is 368 g/mol. The van der Waals surface area contributed by atoms with E-state index in [1.54, 1.807) is 19.1 Å². The highest BCUT2D eigenvalue weighted by Gasteiger charge is 2.34. The van der Waals surface area contributed by atoms with Crippen LogP contribution in [0.25, 0.3) is 0 Å². The molecule has 0 spiro atoms. The van der Waals surface area contributed by atoms with Gasteiger partial charge in [-0.3, -0.25) is 9.59 Å². The fourth-order valence-electron chi connectivity index (χ4n) is 2.09. The molecular formula is C15H17FN4O4S. The van der Waals surface area contributed by atoms with E-state index in [9.17, 15) is 18.8 Å². The predicted molar refractivity (Wildman–Crippen MR) is 89.7 cm³/mol. The molecule has 1 aromatic rings. The Morgan fingerprint density at radius 1 is 1.44 bits per heavy atom. The van der Waals surface area contributed by atoms with Gasteiger partial charge in [-0.05, 0) is 24.6 Å². The molecule has 1 aromatic carbocycles. The van der Waals surface area contributed by atoms with Crippen molar-refractivity contribution < 1.29 is 23.5 Å². The molecule has 8 nitrogen and oxygen atoms in total.